The Hall–Kier alpha value is -3.86. The lowest BCUT2D eigenvalue weighted by molar-refractivity contribution is -0.147. The number of likely N-dealkylation sites (N-methyl/N-ethyl adjacent to an activating group) is 2. The predicted molar refractivity (Wildman–Crippen MR) is 211 cm³/mol. The third-order valence-electron chi connectivity index (χ3n) is 11.1. The minimum Gasteiger partial charge on any atom is -0.497 e. The van der Waals surface area contributed by atoms with Crippen molar-refractivity contribution in [3.63, 3.8) is 0 Å². The third-order valence-corrected chi connectivity index (χ3v) is 11.1. The molecule has 1 aromatic rings. The minimum atomic E-state index is -0.808. The van der Waals surface area contributed by atoms with Crippen molar-refractivity contribution in [3.8, 4) is 5.75 Å². The number of nitrogens with one attached hydrogen (secondary N) is 3. The van der Waals surface area contributed by atoms with Gasteiger partial charge >= 0.3 is 0 Å². The van der Waals surface area contributed by atoms with Crippen LogP contribution in [0.3, 0.4) is 0 Å². The summed E-state index contributed by atoms with van der Waals surface area (Å²) < 4.78 is 37.3. The van der Waals surface area contributed by atoms with Gasteiger partial charge in [-0.2, -0.15) is 0 Å². The second-order valence-corrected chi connectivity index (χ2v) is 15.4. The summed E-state index contributed by atoms with van der Waals surface area (Å²) in [6, 6.07) is 1.68. The number of nitrogens with zero attached hydrogens (tertiary/aromatic N) is 3. The van der Waals surface area contributed by atoms with E-state index in [1.54, 1.807) is 37.9 Å². The van der Waals surface area contributed by atoms with Crippen LogP contribution in [0.5, 0.6) is 5.75 Å². The Morgan fingerprint density at radius 3 is 2.12 bits per heavy atom. The van der Waals surface area contributed by atoms with E-state index in [1.165, 1.54) is 33.5 Å². The number of likely N-dealkylation sites (tertiary alicyclic amines) is 1. The number of carbonyl (C=O) groups is 4. The molecule has 0 aliphatic carbocycles. The van der Waals surface area contributed by atoms with E-state index < -0.39 is 54.0 Å². The largest absolute Gasteiger partial charge is 0.497 e. The second kappa shape index (κ2) is 22.8. The van der Waals surface area contributed by atoms with Crippen LogP contribution in [0.1, 0.15) is 73.3 Å². The van der Waals surface area contributed by atoms with Gasteiger partial charge in [-0.15, -0.1) is 0 Å². The first-order valence-corrected chi connectivity index (χ1v) is 19.4. The Morgan fingerprint density at radius 2 is 1.64 bits per heavy atom. The number of amides is 4. The van der Waals surface area contributed by atoms with Crippen LogP contribution in [0.15, 0.2) is 23.4 Å². The van der Waals surface area contributed by atoms with Gasteiger partial charge in [0.2, 0.25) is 23.6 Å². The SMILES string of the molecule is CC[C@H](C)[C@@H]([C@@H](CC(=O)N1C[C@H](OC)C[C@H]1[C@H](OC)[C@@H](C)C(=O)NC/C(=N/O)c1ccc(OC)cc1F)OC)N(C)C(=O)[C@@H](NC(=O)[C@@H](NC)C(C)C)C(C)C. The lowest BCUT2D eigenvalue weighted by Gasteiger charge is -2.41. The number of benzene rings is 1. The van der Waals surface area contributed by atoms with Gasteiger partial charge in [0, 0.05) is 46.6 Å². The number of hydrogen-bond acceptors (Lipinski definition) is 11. The van der Waals surface area contributed by atoms with Crippen molar-refractivity contribution in [2.24, 2.45) is 28.8 Å². The standard InChI is InChI=1S/C40H67FN6O9/c1-14-24(6)36(46(9)40(51)35(23(4)5)44-39(50)34(42-8)22(2)3)32(55-12)19-33(48)47-21-27(54-11)18-31(47)37(56-13)25(7)38(49)43-20-30(45-52)28-16-15-26(53-10)17-29(28)41/h15-17,22-25,27,31-32,34-37,42,52H,14,18-21H2,1-13H3,(H,43,49)(H,44,50)/b45-30-/t24-,25+,27+,31-,32+,34-,35-,36-,37+/m0/s1. The normalized spacial score (nSPS) is 19.9. The Labute approximate surface area is 332 Å². The van der Waals surface area contributed by atoms with Gasteiger partial charge in [0.15, 0.2) is 0 Å². The molecule has 0 saturated carbocycles. The van der Waals surface area contributed by atoms with Crippen LogP contribution in [0, 0.1) is 29.5 Å². The van der Waals surface area contributed by atoms with Gasteiger partial charge in [0.1, 0.15) is 23.3 Å². The van der Waals surface area contributed by atoms with Crippen LogP contribution in [-0.2, 0) is 33.4 Å². The van der Waals surface area contributed by atoms with Crippen LogP contribution < -0.4 is 20.7 Å². The molecule has 15 nitrogen and oxygen atoms in total. The first-order chi connectivity index (χ1) is 26.5. The van der Waals surface area contributed by atoms with E-state index in [-0.39, 0.29) is 78.1 Å². The molecule has 2 rings (SSSR count). The molecule has 1 aliphatic rings. The van der Waals surface area contributed by atoms with Crippen molar-refractivity contribution in [3.05, 3.63) is 29.6 Å². The summed E-state index contributed by atoms with van der Waals surface area (Å²) in [4.78, 5) is 58.5. The van der Waals surface area contributed by atoms with Crippen molar-refractivity contribution in [2.45, 2.75) is 110 Å². The average Bonchev–Trinajstić information content (AvgIpc) is 3.61. The van der Waals surface area contributed by atoms with Crippen molar-refractivity contribution in [1.82, 2.24) is 25.8 Å². The summed E-state index contributed by atoms with van der Waals surface area (Å²) >= 11 is 0. The molecule has 1 fully saturated rings. The van der Waals surface area contributed by atoms with Crippen molar-refractivity contribution in [2.75, 3.05) is 55.6 Å². The molecule has 0 spiro atoms. The zero-order chi connectivity index (χ0) is 42.4. The van der Waals surface area contributed by atoms with Crippen LogP contribution in [-0.4, -0.2) is 142 Å². The van der Waals surface area contributed by atoms with Crippen LogP contribution in [0.4, 0.5) is 4.39 Å². The Balaban J connectivity index is 2.32. The maximum absolute atomic E-state index is 14.7. The molecule has 56 heavy (non-hydrogen) atoms. The van der Waals surface area contributed by atoms with E-state index in [1.807, 2.05) is 41.5 Å². The number of oxime groups is 1. The maximum Gasteiger partial charge on any atom is 0.245 e. The summed E-state index contributed by atoms with van der Waals surface area (Å²) in [6.07, 6.45) is -0.817. The molecule has 9 atom stereocenters. The highest BCUT2D eigenvalue weighted by Crippen LogP contribution is 2.31. The molecule has 16 heteroatoms. The van der Waals surface area contributed by atoms with E-state index in [4.69, 9.17) is 18.9 Å². The van der Waals surface area contributed by atoms with Crippen LogP contribution in [0.2, 0.25) is 0 Å². The highest BCUT2D eigenvalue weighted by molar-refractivity contribution is 6.03. The van der Waals surface area contributed by atoms with Crippen LogP contribution in [0.25, 0.3) is 0 Å². The monoisotopic (exact) mass is 794 g/mol. The number of hydrogen-bond donors (Lipinski definition) is 4. The molecule has 0 aromatic heterocycles. The second-order valence-electron chi connectivity index (χ2n) is 15.4. The van der Waals surface area contributed by atoms with Gasteiger partial charge < -0.3 is 49.9 Å². The maximum atomic E-state index is 14.7. The van der Waals surface area contributed by atoms with E-state index in [0.717, 1.165) is 6.07 Å². The Morgan fingerprint density at radius 1 is 1.00 bits per heavy atom. The molecule has 4 amide bonds. The highest BCUT2D eigenvalue weighted by Gasteiger charge is 2.45. The Bertz CT molecular complexity index is 1480. The minimum absolute atomic E-state index is 0.00389. The van der Waals surface area contributed by atoms with Gasteiger partial charge in [0.05, 0.1) is 62.4 Å². The molecule has 1 heterocycles. The quantitative estimate of drug-likeness (QED) is 0.0775. The molecule has 0 bridgehead atoms. The van der Waals surface area contributed by atoms with Gasteiger partial charge in [-0.1, -0.05) is 60.0 Å². The number of methoxy groups -OCH3 is 4. The third kappa shape index (κ3) is 12.1. The highest BCUT2D eigenvalue weighted by atomic mass is 19.1. The zero-order valence-corrected chi connectivity index (χ0v) is 35.6. The lowest BCUT2D eigenvalue weighted by Crippen LogP contribution is -2.59. The van der Waals surface area contributed by atoms with Gasteiger partial charge in [-0.3, -0.25) is 19.2 Å². The number of ether oxygens (including phenoxy) is 4. The first-order valence-electron chi connectivity index (χ1n) is 19.4. The predicted octanol–water partition coefficient (Wildman–Crippen LogP) is 3.06. The summed E-state index contributed by atoms with van der Waals surface area (Å²) in [5.41, 5.74) is -0.102. The van der Waals surface area contributed by atoms with Gasteiger partial charge in [-0.05, 0) is 43.4 Å². The molecule has 318 valence electrons. The zero-order valence-electron chi connectivity index (χ0n) is 35.6. The van der Waals surface area contributed by atoms with Crippen molar-refractivity contribution in [1.29, 1.82) is 0 Å². The fraction of sp³-hybridized carbons (Fsp3) is 0.725. The van der Waals surface area contributed by atoms with E-state index in [9.17, 15) is 28.8 Å². The molecule has 4 N–H and O–H groups in total. The topological polar surface area (TPSA) is 180 Å². The van der Waals surface area contributed by atoms with E-state index in [2.05, 4.69) is 21.1 Å². The molecule has 1 aromatic carbocycles. The molecule has 0 unspecified atom stereocenters. The van der Waals surface area contributed by atoms with Gasteiger partial charge in [-0.25, -0.2) is 4.39 Å². The molecule has 1 saturated heterocycles. The van der Waals surface area contributed by atoms with E-state index >= 15 is 0 Å². The summed E-state index contributed by atoms with van der Waals surface area (Å²) in [7, 11) is 9.34. The Kier molecular flexibility index (Phi) is 19.6. The van der Waals surface area contributed by atoms with Crippen molar-refractivity contribution >= 4 is 29.3 Å². The fourth-order valence-corrected chi connectivity index (χ4v) is 7.57. The van der Waals surface area contributed by atoms with Crippen molar-refractivity contribution < 1.29 is 47.7 Å². The summed E-state index contributed by atoms with van der Waals surface area (Å²) in [5.74, 6) is -2.77. The number of carbonyl (C=O) groups excluding carboxylic acids is 4. The number of rotatable bonds is 22. The van der Waals surface area contributed by atoms with Gasteiger partial charge in [0.25, 0.3) is 0 Å². The fourth-order valence-electron chi connectivity index (χ4n) is 7.57. The molecular formula is C40H67FN6O9. The molecule has 1 aliphatic heterocycles. The van der Waals surface area contributed by atoms with Crippen LogP contribution >= 0.6 is 0 Å². The van der Waals surface area contributed by atoms with E-state index in [0.29, 0.717) is 12.8 Å². The average molecular weight is 795 g/mol. The molecular weight excluding hydrogens is 727 g/mol. The summed E-state index contributed by atoms with van der Waals surface area (Å²) in [6.45, 7) is 13.3. The number of halogens is 1. The molecule has 0 radical (unpaired) electrons. The summed E-state index contributed by atoms with van der Waals surface area (Å²) in [5, 5.41) is 21.6. The lowest BCUT2D eigenvalue weighted by atomic mass is 9.89. The smallest absolute Gasteiger partial charge is 0.245 e. The first kappa shape index (κ1) is 48.3.